The molecular weight excluding hydrogens is 440 g/mol. The Balaban J connectivity index is 1.17. The van der Waals surface area contributed by atoms with Crippen LogP contribution in [0.1, 0.15) is 92.4 Å². The highest BCUT2D eigenvalue weighted by atomic mass is 16.5. The van der Waals surface area contributed by atoms with E-state index in [2.05, 4.69) is 17.6 Å². The number of aromatic nitrogens is 1. The number of nitrogens with one attached hydrogen (secondary N) is 2. The third kappa shape index (κ3) is 5.50. The maximum atomic E-state index is 13.3. The van der Waals surface area contributed by atoms with Gasteiger partial charge in [-0.25, -0.2) is 4.79 Å². The third-order valence-corrected chi connectivity index (χ3v) is 8.77. The topological polar surface area (TPSA) is 83.6 Å². The fraction of sp³-hybridized carbons (Fsp3) is 0.750. The maximum Gasteiger partial charge on any atom is 0.317 e. The van der Waals surface area contributed by atoms with Gasteiger partial charge in [0.2, 0.25) is 0 Å². The minimum absolute atomic E-state index is 0.0485. The van der Waals surface area contributed by atoms with Crippen molar-refractivity contribution in [2.24, 2.45) is 17.8 Å². The SMILES string of the molecule is CCCOCCNC(=O)c1ccc(C)nc1C1CCN(C(=O)NC23CC4CC(CC(C4)C2)C3)CC1. The number of amides is 3. The van der Waals surface area contributed by atoms with Gasteiger partial charge in [0.25, 0.3) is 5.91 Å². The van der Waals surface area contributed by atoms with Gasteiger partial charge >= 0.3 is 6.03 Å². The molecule has 4 saturated carbocycles. The molecular formula is C28H42N4O3. The summed E-state index contributed by atoms with van der Waals surface area (Å²) in [4.78, 5) is 32.9. The first-order valence-corrected chi connectivity index (χ1v) is 13.9. The summed E-state index contributed by atoms with van der Waals surface area (Å²) in [5.74, 6) is 2.57. The number of likely N-dealkylation sites (tertiary alicyclic amines) is 1. The first-order valence-electron chi connectivity index (χ1n) is 13.9. The van der Waals surface area contributed by atoms with E-state index in [-0.39, 0.29) is 23.4 Å². The van der Waals surface area contributed by atoms with E-state index in [1.165, 1.54) is 38.5 Å². The predicted octanol–water partition coefficient (Wildman–Crippen LogP) is 4.40. The molecule has 6 rings (SSSR count). The molecule has 0 atom stereocenters. The highest BCUT2D eigenvalue weighted by Crippen LogP contribution is 2.55. The van der Waals surface area contributed by atoms with E-state index in [0.717, 1.165) is 48.4 Å². The summed E-state index contributed by atoms with van der Waals surface area (Å²) in [6.07, 6.45) is 10.3. The Morgan fingerprint density at radius 2 is 1.71 bits per heavy atom. The molecule has 5 fully saturated rings. The lowest BCUT2D eigenvalue weighted by molar-refractivity contribution is -0.0160. The Bertz CT molecular complexity index is 889. The van der Waals surface area contributed by atoms with Crippen molar-refractivity contribution in [3.8, 4) is 0 Å². The van der Waals surface area contributed by atoms with Crippen LogP contribution in [0.25, 0.3) is 0 Å². The zero-order valence-corrected chi connectivity index (χ0v) is 21.5. The highest BCUT2D eigenvalue weighted by Gasteiger charge is 2.52. The lowest BCUT2D eigenvalue weighted by Crippen LogP contribution is -2.62. The second-order valence-electron chi connectivity index (χ2n) is 11.6. The van der Waals surface area contributed by atoms with E-state index in [0.29, 0.717) is 38.4 Å². The van der Waals surface area contributed by atoms with Gasteiger partial charge in [-0.1, -0.05) is 6.92 Å². The number of pyridine rings is 1. The van der Waals surface area contributed by atoms with Crippen molar-refractivity contribution in [3.05, 3.63) is 29.1 Å². The van der Waals surface area contributed by atoms with E-state index >= 15 is 0 Å². The molecule has 1 saturated heterocycles. The first-order chi connectivity index (χ1) is 16.9. The standard InChI is InChI=1S/C28H42N4O3/c1-3-11-35-12-8-29-26(33)24-5-4-19(2)30-25(24)23-6-9-32(10-7-23)27(34)31-28-16-20-13-21(17-28)15-22(14-20)18-28/h4-5,20-23H,3,6-18H2,1-2H3,(H,29,33)(H,31,34). The number of urea groups is 1. The monoisotopic (exact) mass is 482 g/mol. The molecule has 3 amide bonds. The average molecular weight is 483 g/mol. The van der Waals surface area contributed by atoms with Crippen molar-refractivity contribution in [2.45, 2.75) is 83.1 Å². The number of rotatable bonds is 8. The summed E-state index contributed by atoms with van der Waals surface area (Å²) in [5.41, 5.74) is 2.50. The summed E-state index contributed by atoms with van der Waals surface area (Å²) in [6.45, 7) is 7.19. The second kappa shape index (κ2) is 10.5. The zero-order valence-electron chi connectivity index (χ0n) is 21.5. The Morgan fingerprint density at radius 3 is 2.34 bits per heavy atom. The van der Waals surface area contributed by atoms with Crippen LogP contribution in [0.5, 0.6) is 0 Å². The predicted molar refractivity (Wildman–Crippen MR) is 135 cm³/mol. The van der Waals surface area contributed by atoms with E-state index in [9.17, 15) is 9.59 Å². The average Bonchev–Trinajstić information content (AvgIpc) is 2.82. The molecule has 4 aliphatic carbocycles. The van der Waals surface area contributed by atoms with Crippen LogP contribution >= 0.6 is 0 Å². The van der Waals surface area contributed by atoms with Crippen LogP contribution in [-0.2, 0) is 4.74 Å². The van der Waals surface area contributed by atoms with Gasteiger partial charge in [-0.2, -0.15) is 0 Å². The molecule has 1 aromatic rings. The Labute approximate surface area is 209 Å². The van der Waals surface area contributed by atoms with Crippen LogP contribution in [0.15, 0.2) is 12.1 Å². The minimum Gasteiger partial charge on any atom is -0.380 e. The van der Waals surface area contributed by atoms with Crippen molar-refractivity contribution < 1.29 is 14.3 Å². The van der Waals surface area contributed by atoms with Gasteiger partial charge in [-0.15, -0.1) is 0 Å². The Kier molecular flexibility index (Phi) is 7.33. The van der Waals surface area contributed by atoms with Gasteiger partial charge in [0.05, 0.1) is 17.9 Å². The van der Waals surface area contributed by atoms with Gasteiger partial charge in [0, 0.05) is 43.4 Å². The molecule has 35 heavy (non-hydrogen) atoms. The molecule has 5 aliphatic rings. The molecule has 0 unspecified atom stereocenters. The maximum absolute atomic E-state index is 13.3. The van der Waals surface area contributed by atoms with E-state index < -0.39 is 0 Å². The molecule has 0 spiro atoms. The number of piperidine rings is 1. The van der Waals surface area contributed by atoms with Crippen LogP contribution in [0.2, 0.25) is 0 Å². The van der Waals surface area contributed by atoms with Gasteiger partial charge in [-0.3, -0.25) is 9.78 Å². The molecule has 7 nitrogen and oxygen atoms in total. The third-order valence-electron chi connectivity index (χ3n) is 8.77. The summed E-state index contributed by atoms with van der Waals surface area (Å²) in [7, 11) is 0. The fourth-order valence-corrected chi connectivity index (χ4v) is 7.58. The first kappa shape index (κ1) is 24.5. The van der Waals surface area contributed by atoms with Crippen LogP contribution in [-0.4, -0.2) is 60.2 Å². The van der Waals surface area contributed by atoms with E-state index in [4.69, 9.17) is 9.72 Å². The molecule has 1 aliphatic heterocycles. The van der Waals surface area contributed by atoms with Gasteiger partial charge in [-0.05, 0) is 94.6 Å². The quantitative estimate of drug-likeness (QED) is 0.538. The molecule has 192 valence electrons. The fourth-order valence-electron chi connectivity index (χ4n) is 7.58. The van der Waals surface area contributed by atoms with E-state index in [1.807, 2.05) is 24.0 Å². The number of carbonyl (C=O) groups excluding carboxylic acids is 2. The zero-order chi connectivity index (χ0) is 24.4. The van der Waals surface area contributed by atoms with Gasteiger partial charge in [0.15, 0.2) is 0 Å². The molecule has 2 heterocycles. The largest absolute Gasteiger partial charge is 0.380 e. The number of ether oxygens (including phenoxy) is 1. The van der Waals surface area contributed by atoms with Gasteiger partial charge in [0.1, 0.15) is 0 Å². The molecule has 0 radical (unpaired) electrons. The second-order valence-corrected chi connectivity index (χ2v) is 11.6. The van der Waals surface area contributed by atoms with Gasteiger partial charge < -0.3 is 20.3 Å². The van der Waals surface area contributed by atoms with Crippen LogP contribution in [0.3, 0.4) is 0 Å². The van der Waals surface area contributed by atoms with Crippen LogP contribution in [0, 0.1) is 24.7 Å². The molecule has 4 bridgehead atoms. The van der Waals surface area contributed by atoms with Crippen molar-refractivity contribution in [2.75, 3.05) is 32.8 Å². The lowest BCUT2D eigenvalue weighted by Gasteiger charge is -2.57. The molecule has 7 heteroatoms. The van der Waals surface area contributed by atoms with Crippen LogP contribution in [0.4, 0.5) is 4.79 Å². The minimum atomic E-state index is -0.0883. The van der Waals surface area contributed by atoms with Crippen molar-refractivity contribution in [3.63, 3.8) is 0 Å². The lowest BCUT2D eigenvalue weighted by atomic mass is 9.53. The number of hydrogen-bond donors (Lipinski definition) is 2. The normalized spacial score (nSPS) is 29.9. The van der Waals surface area contributed by atoms with Crippen molar-refractivity contribution in [1.82, 2.24) is 20.5 Å². The number of carbonyl (C=O) groups is 2. The molecule has 0 aromatic carbocycles. The Morgan fingerprint density at radius 1 is 1.06 bits per heavy atom. The van der Waals surface area contributed by atoms with E-state index in [1.54, 1.807) is 0 Å². The summed E-state index contributed by atoms with van der Waals surface area (Å²) in [5, 5.41) is 6.50. The van der Waals surface area contributed by atoms with Crippen molar-refractivity contribution >= 4 is 11.9 Å². The molecule has 1 aromatic heterocycles. The Hall–Kier alpha value is -2.15. The smallest absolute Gasteiger partial charge is 0.317 e. The summed E-state index contributed by atoms with van der Waals surface area (Å²) >= 11 is 0. The number of hydrogen-bond acceptors (Lipinski definition) is 4. The number of aryl methyl sites for hydroxylation is 1. The summed E-state index contributed by atoms with van der Waals surface area (Å²) < 4.78 is 5.48. The van der Waals surface area contributed by atoms with Crippen molar-refractivity contribution in [1.29, 1.82) is 0 Å². The summed E-state index contributed by atoms with van der Waals surface area (Å²) in [6, 6.07) is 3.92. The molecule has 2 N–H and O–H groups in total. The number of nitrogens with zero attached hydrogens (tertiary/aromatic N) is 2. The van der Waals surface area contributed by atoms with Crippen LogP contribution < -0.4 is 10.6 Å². The highest BCUT2D eigenvalue weighted by molar-refractivity contribution is 5.95.